The molecule has 1 aliphatic rings. The molecule has 1 fully saturated rings. The van der Waals surface area contributed by atoms with Gasteiger partial charge in [0.15, 0.2) is 0 Å². The van der Waals surface area contributed by atoms with Crippen molar-refractivity contribution in [2.24, 2.45) is 5.92 Å². The highest BCUT2D eigenvalue weighted by Crippen LogP contribution is 2.27. The molecular weight excluding hydrogens is 222 g/mol. The first kappa shape index (κ1) is 12.8. The second-order valence-electron chi connectivity index (χ2n) is 5.35. The van der Waals surface area contributed by atoms with E-state index in [0.29, 0.717) is 18.2 Å². The van der Waals surface area contributed by atoms with Crippen LogP contribution >= 0.6 is 0 Å². The van der Waals surface area contributed by atoms with Gasteiger partial charge < -0.3 is 11.1 Å². The van der Waals surface area contributed by atoms with Crippen molar-refractivity contribution in [1.29, 1.82) is 5.26 Å². The van der Waals surface area contributed by atoms with Crippen molar-refractivity contribution < 1.29 is 0 Å². The van der Waals surface area contributed by atoms with E-state index in [4.69, 9.17) is 11.0 Å². The van der Waals surface area contributed by atoms with Gasteiger partial charge in [-0.2, -0.15) is 5.26 Å². The Bertz CT molecular complexity index is 440. The number of nitrogens with two attached hydrogens (primary N) is 1. The number of anilines is 2. The van der Waals surface area contributed by atoms with Crippen LogP contribution in [-0.4, -0.2) is 6.04 Å². The quantitative estimate of drug-likeness (QED) is 0.800. The molecule has 0 spiro atoms. The Morgan fingerprint density at radius 2 is 2.06 bits per heavy atom. The van der Waals surface area contributed by atoms with Crippen LogP contribution in [0.1, 0.15) is 38.2 Å². The molecule has 0 saturated heterocycles. The van der Waals surface area contributed by atoms with Crippen LogP contribution < -0.4 is 11.1 Å². The molecule has 2 rings (SSSR count). The lowest BCUT2D eigenvalue weighted by Gasteiger charge is -2.28. The van der Waals surface area contributed by atoms with E-state index in [9.17, 15) is 0 Å². The minimum Gasteiger partial charge on any atom is -0.398 e. The number of nitrogen functional groups attached to an aromatic ring is 1. The maximum atomic E-state index is 8.76. The van der Waals surface area contributed by atoms with Crippen molar-refractivity contribution in [3.63, 3.8) is 0 Å². The van der Waals surface area contributed by atoms with Crippen molar-refractivity contribution in [1.82, 2.24) is 0 Å². The molecule has 0 atom stereocenters. The molecule has 3 nitrogen and oxygen atoms in total. The molecule has 1 saturated carbocycles. The van der Waals surface area contributed by atoms with Gasteiger partial charge in [-0.3, -0.25) is 0 Å². The molecule has 18 heavy (non-hydrogen) atoms. The number of rotatable bonds is 3. The normalized spacial score (nSPS) is 23.3. The summed E-state index contributed by atoms with van der Waals surface area (Å²) < 4.78 is 0. The molecule has 0 aliphatic heterocycles. The SMILES string of the molecule is CC1CCC(Nc2ccc(N)c(CC#N)c2)CC1. The van der Waals surface area contributed by atoms with Crippen LogP contribution in [-0.2, 0) is 6.42 Å². The van der Waals surface area contributed by atoms with Crippen LogP contribution in [0.5, 0.6) is 0 Å². The number of nitrogens with one attached hydrogen (secondary N) is 1. The summed E-state index contributed by atoms with van der Waals surface area (Å²) in [7, 11) is 0. The Morgan fingerprint density at radius 1 is 1.33 bits per heavy atom. The molecule has 1 aromatic rings. The summed E-state index contributed by atoms with van der Waals surface area (Å²) in [6.07, 6.45) is 5.46. The monoisotopic (exact) mass is 243 g/mol. The highest BCUT2D eigenvalue weighted by Gasteiger charge is 2.17. The molecule has 1 aliphatic carbocycles. The van der Waals surface area contributed by atoms with Crippen molar-refractivity contribution in [2.45, 2.75) is 45.1 Å². The summed E-state index contributed by atoms with van der Waals surface area (Å²) >= 11 is 0. The largest absolute Gasteiger partial charge is 0.398 e. The van der Waals surface area contributed by atoms with Crippen LogP contribution in [0.2, 0.25) is 0 Å². The third kappa shape index (κ3) is 3.16. The van der Waals surface area contributed by atoms with Crippen LogP contribution in [0.15, 0.2) is 18.2 Å². The predicted octanol–water partition coefficient (Wildman–Crippen LogP) is 3.33. The molecular formula is C15H21N3. The maximum Gasteiger partial charge on any atom is 0.0670 e. The minimum absolute atomic E-state index is 0.378. The van der Waals surface area contributed by atoms with Gasteiger partial charge in [0.2, 0.25) is 0 Å². The van der Waals surface area contributed by atoms with Gasteiger partial charge in [-0.05, 0) is 55.4 Å². The third-order valence-electron chi connectivity index (χ3n) is 3.80. The van der Waals surface area contributed by atoms with Gasteiger partial charge in [0.1, 0.15) is 0 Å². The number of nitrogens with zero attached hydrogens (tertiary/aromatic N) is 1. The maximum absolute atomic E-state index is 8.76. The van der Waals surface area contributed by atoms with Gasteiger partial charge in [0.25, 0.3) is 0 Å². The van der Waals surface area contributed by atoms with Crippen molar-refractivity contribution in [3.8, 4) is 6.07 Å². The van der Waals surface area contributed by atoms with E-state index in [0.717, 1.165) is 17.2 Å². The van der Waals surface area contributed by atoms with Crippen LogP contribution in [0.4, 0.5) is 11.4 Å². The van der Waals surface area contributed by atoms with Crippen LogP contribution in [0.3, 0.4) is 0 Å². The van der Waals surface area contributed by atoms with E-state index in [1.54, 1.807) is 0 Å². The molecule has 0 aromatic heterocycles. The summed E-state index contributed by atoms with van der Waals surface area (Å²) in [5.41, 5.74) is 8.57. The fraction of sp³-hybridized carbons (Fsp3) is 0.533. The molecule has 1 aromatic carbocycles. The highest BCUT2D eigenvalue weighted by atomic mass is 14.9. The summed E-state index contributed by atoms with van der Waals surface area (Å²) in [5.74, 6) is 0.864. The Balaban J connectivity index is 2.01. The van der Waals surface area contributed by atoms with E-state index >= 15 is 0 Å². The van der Waals surface area contributed by atoms with Gasteiger partial charge in [-0.15, -0.1) is 0 Å². The van der Waals surface area contributed by atoms with Gasteiger partial charge >= 0.3 is 0 Å². The average molecular weight is 243 g/mol. The van der Waals surface area contributed by atoms with Gasteiger partial charge in [0, 0.05) is 17.4 Å². The molecule has 0 amide bonds. The fourth-order valence-electron chi connectivity index (χ4n) is 2.57. The van der Waals surface area contributed by atoms with Gasteiger partial charge in [0.05, 0.1) is 12.5 Å². The van der Waals surface area contributed by atoms with E-state index in [1.165, 1.54) is 25.7 Å². The molecule has 96 valence electrons. The molecule has 0 radical (unpaired) electrons. The minimum atomic E-state index is 0.378. The first-order chi connectivity index (χ1) is 8.69. The summed E-state index contributed by atoms with van der Waals surface area (Å²) in [6, 6.07) is 8.63. The molecule has 0 bridgehead atoms. The number of nitriles is 1. The molecule has 3 heteroatoms. The lowest BCUT2D eigenvalue weighted by atomic mass is 9.87. The van der Waals surface area contributed by atoms with Crippen LogP contribution in [0, 0.1) is 17.2 Å². The third-order valence-corrected chi connectivity index (χ3v) is 3.80. The van der Waals surface area contributed by atoms with Crippen molar-refractivity contribution in [2.75, 3.05) is 11.1 Å². The lowest BCUT2D eigenvalue weighted by Crippen LogP contribution is -2.25. The zero-order chi connectivity index (χ0) is 13.0. The predicted molar refractivity (Wildman–Crippen MR) is 75.2 cm³/mol. The number of hydrogen-bond acceptors (Lipinski definition) is 3. The zero-order valence-corrected chi connectivity index (χ0v) is 10.9. The number of hydrogen-bond donors (Lipinski definition) is 2. The smallest absolute Gasteiger partial charge is 0.0670 e. The first-order valence-electron chi connectivity index (χ1n) is 6.71. The number of benzene rings is 1. The summed E-state index contributed by atoms with van der Waals surface area (Å²) in [4.78, 5) is 0. The Morgan fingerprint density at radius 3 is 2.72 bits per heavy atom. The highest BCUT2D eigenvalue weighted by molar-refractivity contribution is 5.58. The topological polar surface area (TPSA) is 61.8 Å². The second-order valence-corrected chi connectivity index (χ2v) is 5.35. The Labute approximate surface area is 109 Å². The molecule has 0 unspecified atom stereocenters. The van der Waals surface area contributed by atoms with Gasteiger partial charge in [-0.1, -0.05) is 6.92 Å². The molecule has 3 N–H and O–H groups in total. The standard InChI is InChI=1S/C15H21N3/c1-11-2-4-13(5-3-11)18-14-6-7-15(17)12(10-14)8-9-16/h6-7,10-11,13,18H,2-5,8,17H2,1H3. The lowest BCUT2D eigenvalue weighted by molar-refractivity contribution is 0.361. The summed E-state index contributed by atoms with van der Waals surface area (Å²) in [5, 5.41) is 12.3. The average Bonchev–Trinajstić information content (AvgIpc) is 2.37. The Hall–Kier alpha value is -1.69. The van der Waals surface area contributed by atoms with E-state index < -0.39 is 0 Å². The second kappa shape index (κ2) is 5.77. The zero-order valence-electron chi connectivity index (χ0n) is 10.9. The fourth-order valence-corrected chi connectivity index (χ4v) is 2.57. The van der Waals surface area contributed by atoms with Gasteiger partial charge in [-0.25, -0.2) is 0 Å². The Kier molecular flexibility index (Phi) is 4.09. The van der Waals surface area contributed by atoms with Crippen molar-refractivity contribution in [3.05, 3.63) is 23.8 Å². The van der Waals surface area contributed by atoms with Crippen LogP contribution in [0.25, 0.3) is 0 Å². The van der Waals surface area contributed by atoms with Crippen molar-refractivity contribution >= 4 is 11.4 Å². The molecule has 0 heterocycles. The van der Waals surface area contributed by atoms with E-state index in [1.807, 2.05) is 18.2 Å². The van der Waals surface area contributed by atoms with E-state index in [2.05, 4.69) is 18.3 Å². The summed E-state index contributed by atoms with van der Waals surface area (Å²) in [6.45, 7) is 2.32. The first-order valence-corrected chi connectivity index (χ1v) is 6.71. The van der Waals surface area contributed by atoms with E-state index in [-0.39, 0.29) is 0 Å².